The zero-order valence-electron chi connectivity index (χ0n) is 12.8. The predicted octanol–water partition coefficient (Wildman–Crippen LogP) is 2.97. The van der Waals surface area contributed by atoms with Gasteiger partial charge in [0.25, 0.3) is 0 Å². The second kappa shape index (κ2) is 4.97. The van der Waals surface area contributed by atoms with Crippen molar-refractivity contribution in [2.45, 2.75) is 82.4 Å². The lowest BCUT2D eigenvalue weighted by atomic mass is 9.74. The fourth-order valence-corrected chi connectivity index (χ4v) is 3.47. The lowest BCUT2D eigenvalue weighted by molar-refractivity contribution is 0.0366. The van der Waals surface area contributed by atoms with E-state index in [0.717, 1.165) is 25.7 Å². The van der Waals surface area contributed by atoms with Crippen molar-refractivity contribution < 1.29 is 9.53 Å². The summed E-state index contributed by atoms with van der Waals surface area (Å²) in [4.78, 5) is 12.2. The minimum Gasteiger partial charge on any atom is -0.444 e. The van der Waals surface area contributed by atoms with Gasteiger partial charge in [0, 0.05) is 5.54 Å². The third-order valence-corrected chi connectivity index (χ3v) is 4.59. The largest absolute Gasteiger partial charge is 0.444 e. The molecule has 0 atom stereocenters. The average Bonchev–Trinajstić information content (AvgIpc) is 3.08. The fraction of sp³-hybridized carbons (Fsp3) is 0.933. The molecule has 2 fully saturated rings. The second-order valence-electron chi connectivity index (χ2n) is 7.10. The number of hydrogen-bond acceptors (Lipinski definition) is 3. The monoisotopic (exact) mass is 268 g/mol. The van der Waals surface area contributed by atoms with Crippen LogP contribution in [0, 0.1) is 0 Å². The predicted molar refractivity (Wildman–Crippen MR) is 76.2 cm³/mol. The fourth-order valence-electron chi connectivity index (χ4n) is 3.47. The van der Waals surface area contributed by atoms with Crippen LogP contribution in [0.1, 0.15) is 65.7 Å². The van der Waals surface area contributed by atoms with Crippen LogP contribution in [-0.4, -0.2) is 29.8 Å². The van der Waals surface area contributed by atoms with Gasteiger partial charge in [-0.2, -0.15) is 0 Å². The Hall–Kier alpha value is -0.770. The van der Waals surface area contributed by atoms with Gasteiger partial charge in [-0.05, 0) is 53.5 Å². The summed E-state index contributed by atoms with van der Waals surface area (Å²) >= 11 is 0. The quantitative estimate of drug-likeness (QED) is 0.827. The summed E-state index contributed by atoms with van der Waals surface area (Å²) in [6.45, 7) is 5.72. The van der Waals surface area contributed by atoms with E-state index in [0.29, 0.717) is 0 Å². The first kappa shape index (κ1) is 14.6. The number of nitrogens with one attached hydrogen (secondary N) is 2. The van der Waals surface area contributed by atoms with E-state index < -0.39 is 5.60 Å². The van der Waals surface area contributed by atoms with Crippen LogP contribution in [0.5, 0.6) is 0 Å². The van der Waals surface area contributed by atoms with Gasteiger partial charge in [0.05, 0.1) is 5.54 Å². The minimum atomic E-state index is -0.434. The van der Waals surface area contributed by atoms with Crippen molar-refractivity contribution in [3.05, 3.63) is 0 Å². The SMILES string of the molecule is CNC1(C2(NC(=O)OC(C)(C)C)CCCCC2)CC1. The number of likely N-dealkylation sites (N-methyl/N-ethyl adjacent to an activating group) is 1. The second-order valence-corrected chi connectivity index (χ2v) is 7.10. The van der Waals surface area contributed by atoms with Gasteiger partial charge in [0.15, 0.2) is 0 Å². The lowest BCUT2D eigenvalue weighted by Crippen LogP contribution is -2.64. The highest BCUT2D eigenvalue weighted by atomic mass is 16.6. The molecule has 0 radical (unpaired) electrons. The zero-order valence-corrected chi connectivity index (χ0v) is 12.8. The number of amides is 1. The molecule has 2 rings (SSSR count). The molecule has 0 aromatic rings. The Labute approximate surface area is 116 Å². The van der Waals surface area contributed by atoms with Gasteiger partial charge in [-0.1, -0.05) is 19.3 Å². The number of alkyl carbamates (subject to hydrolysis) is 1. The van der Waals surface area contributed by atoms with Gasteiger partial charge in [0.2, 0.25) is 0 Å². The highest BCUT2D eigenvalue weighted by molar-refractivity contribution is 5.69. The van der Waals surface area contributed by atoms with Gasteiger partial charge in [-0.3, -0.25) is 0 Å². The Morgan fingerprint density at radius 1 is 1.00 bits per heavy atom. The zero-order chi connectivity index (χ0) is 14.1. The smallest absolute Gasteiger partial charge is 0.408 e. The van der Waals surface area contributed by atoms with E-state index in [1.54, 1.807) is 0 Å². The van der Waals surface area contributed by atoms with E-state index >= 15 is 0 Å². The van der Waals surface area contributed by atoms with E-state index in [4.69, 9.17) is 4.74 Å². The van der Waals surface area contributed by atoms with Crippen molar-refractivity contribution >= 4 is 6.09 Å². The summed E-state index contributed by atoms with van der Waals surface area (Å²) in [5.74, 6) is 0. The molecule has 2 N–H and O–H groups in total. The third-order valence-electron chi connectivity index (χ3n) is 4.59. The highest BCUT2D eigenvalue weighted by Gasteiger charge is 2.59. The molecule has 0 saturated heterocycles. The highest BCUT2D eigenvalue weighted by Crippen LogP contribution is 2.50. The van der Waals surface area contributed by atoms with Crippen molar-refractivity contribution in [2.75, 3.05) is 7.05 Å². The van der Waals surface area contributed by atoms with Gasteiger partial charge in [-0.25, -0.2) is 4.79 Å². The maximum atomic E-state index is 12.2. The molecule has 4 nitrogen and oxygen atoms in total. The summed E-state index contributed by atoms with van der Waals surface area (Å²) in [5, 5.41) is 6.68. The average molecular weight is 268 g/mol. The van der Waals surface area contributed by atoms with Crippen LogP contribution in [0.25, 0.3) is 0 Å². The molecule has 1 amide bonds. The van der Waals surface area contributed by atoms with Gasteiger partial charge in [-0.15, -0.1) is 0 Å². The van der Waals surface area contributed by atoms with Crippen LogP contribution >= 0.6 is 0 Å². The number of rotatable bonds is 3. The summed E-state index contributed by atoms with van der Waals surface area (Å²) in [5.41, 5.74) is -0.442. The molecule has 2 saturated carbocycles. The molecule has 0 spiro atoms. The van der Waals surface area contributed by atoms with E-state index in [-0.39, 0.29) is 17.2 Å². The third kappa shape index (κ3) is 3.04. The Morgan fingerprint density at radius 2 is 1.58 bits per heavy atom. The van der Waals surface area contributed by atoms with Crippen LogP contribution in [0.2, 0.25) is 0 Å². The number of carbonyl (C=O) groups is 1. The molecular formula is C15H28N2O2. The molecule has 19 heavy (non-hydrogen) atoms. The van der Waals surface area contributed by atoms with Crippen molar-refractivity contribution in [2.24, 2.45) is 0 Å². The Bertz CT molecular complexity index is 337. The van der Waals surface area contributed by atoms with E-state index in [2.05, 4.69) is 10.6 Å². The van der Waals surface area contributed by atoms with Crippen molar-refractivity contribution in [3.63, 3.8) is 0 Å². The number of ether oxygens (including phenoxy) is 1. The van der Waals surface area contributed by atoms with Crippen molar-refractivity contribution in [1.82, 2.24) is 10.6 Å². The maximum Gasteiger partial charge on any atom is 0.408 e. The number of hydrogen-bond donors (Lipinski definition) is 2. The van der Waals surface area contributed by atoms with Crippen molar-refractivity contribution in [1.29, 1.82) is 0 Å². The first-order chi connectivity index (χ1) is 8.83. The molecule has 0 aromatic carbocycles. The molecule has 0 unspecified atom stereocenters. The van der Waals surface area contributed by atoms with Crippen LogP contribution in [0.15, 0.2) is 0 Å². The Kier molecular flexibility index (Phi) is 3.83. The first-order valence-corrected chi connectivity index (χ1v) is 7.53. The molecule has 0 aromatic heterocycles. The summed E-state index contributed by atoms with van der Waals surface area (Å²) in [6, 6.07) is 0. The molecule has 110 valence electrons. The Balaban J connectivity index is 2.09. The molecular weight excluding hydrogens is 240 g/mol. The summed E-state index contributed by atoms with van der Waals surface area (Å²) in [6.07, 6.45) is 7.82. The van der Waals surface area contributed by atoms with Crippen LogP contribution in [-0.2, 0) is 4.74 Å². The maximum absolute atomic E-state index is 12.2. The van der Waals surface area contributed by atoms with Gasteiger partial charge >= 0.3 is 6.09 Å². The molecule has 0 bridgehead atoms. The van der Waals surface area contributed by atoms with Crippen LogP contribution in [0.3, 0.4) is 0 Å². The molecule has 4 heteroatoms. The first-order valence-electron chi connectivity index (χ1n) is 7.53. The van der Waals surface area contributed by atoms with Crippen LogP contribution < -0.4 is 10.6 Å². The van der Waals surface area contributed by atoms with E-state index in [9.17, 15) is 4.79 Å². The standard InChI is InChI=1S/C15H28N2O2/c1-13(2,3)19-12(18)17-15(8-6-5-7-9-15)14(16-4)10-11-14/h16H,5-11H2,1-4H3,(H,17,18). The van der Waals surface area contributed by atoms with Crippen molar-refractivity contribution in [3.8, 4) is 0 Å². The Morgan fingerprint density at radius 3 is 2.00 bits per heavy atom. The minimum absolute atomic E-state index is 0.102. The van der Waals surface area contributed by atoms with Crippen LogP contribution in [0.4, 0.5) is 4.79 Å². The van der Waals surface area contributed by atoms with E-state index in [1.807, 2.05) is 27.8 Å². The number of carbonyl (C=O) groups excluding carboxylic acids is 1. The normalized spacial score (nSPS) is 24.6. The molecule has 2 aliphatic rings. The summed E-state index contributed by atoms with van der Waals surface area (Å²) in [7, 11) is 2.01. The van der Waals surface area contributed by atoms with Gasteiger partial charge in [0.1, 0.15) is 5.60 Å². The molecule has 0 aliphatic heterocycles. The topological polar surface area (TPSA) is 50.4 Å². The molecule has 2 aliphatic carbocycles. The lowest BCUT2D eigenvalue weighted by Gasteiger charge is -2.45. The molecule has 0 heterocycles. The van der Waals surface area contributed by atoms with E-state index in [1.165, 1.54) is 19.3 Å². The van der Waals surface area contributed by atoms with Gasteiger partial charge < -0.3 is 15.4 Å². The summed E-state index contributed by atoms with van der Waals surface area (Å²) < 4.78 is 5.46.